The van der Waals surface area contributed by atoms with Gasteiger partial charge >= 0.3 is 18.9 Å². The first-order valence-corrected chi connectivity index (χ1v) is 2.11. The Morgan fingerprint density at radius 3 is 2.00 bits per heavy atom. The van der Waals surface area contributed by atoms with Crippen LogP contribution >= 0.6 is 0 Å². The van der Waals surface area contributed by atoms with E-state index in [9.17, 15) is 0 Å². The summed E-state index contributed by atoms with van der Waals surface area (Å²) in [6.45, 7) is 0. The Labute approximate surface area is 61.1 Å². The van der Waals surface area contributed by atoms with E-state index in [0.717, 1.165) is 5.69 Å². The fraction of sp³-hybridized carbons (Fsp3) is 0. The second kappa shape index (κ2) is 3.60. The number of hydrogen-bond acceptors (Lipinski definition) is 1. The summed E-state index contributed by atoms with van der Waals surface area (Å²) in [5.74, 6) is 0. The minimum absolute atomic E-state index is 0. The predicted octanol–water partition coefficient (Wildman–Crippen LogP) is 0.420. The summed E-state index contributed by atoms with van der Waals surface area (Å²) >= 11 is 0. The Morgan fingerprint density at radius 2 is 1.75 bits per heavy atom. The molecule has 37 valence electrons. The molecule has 1 aromatic rings. The van der Waals surface area contributed by atoms with Crippen LogP contribution in [0.4, 0.5) is 5.69 Å². The molecule has 2 heteroatoms. The number of benzene rings is 1. The molecule has 0 aliphatic carbocycles. The first-order valence-electron chi connectivity index (χ1n) is 2.11. The third kappa shape index (κ3) is 2.06. The number of anilines is 1. The topological polar surface area (TPSA) is 26.0 Å². The van der Waals surface area contributed by atoms with Gasteiger partial charge in [0.15, 0.2) is 0 Å². The van der Waals surface area contributed by atoms with Gasteiger partial charge in [0.25, 0.3) is 0 Å². The van der Waals surface area contributed by atoms with E-state index >= 15 is 0 Å². The molecule has 1 aromatic carbocycles. The maximum atomic E-state index is 5.34. The molecule has 0 saturated heterocycles. The van der Waals surface area contributed by atoms with E-state index in [1.165, 1.54) is 0 Å². The van der Waals surface area contributed by atoms with Gasteiger partial charge in [0.05, 0.1) is 0 Å². The molecular formula is C6H7LiN. The zero-order valence-electron chi connectivity index (χ0n) is 3.89. The van der Waals surface area contributed by atoms with Crippen LogP contribution in [-0.4, -0.2) is 18.9 Å². The van der Waals surface area contributed by atoms with Crippen molar-refractivity contribution in [3.8, 4) is 0 Å². The van der Waals surface area contributed by atoms with Crippen molar-refractivity contribution >= 4 is 24.5 Å². The molecule has 0 atom stereocenters. The molecular weight excluding hydrogens is 93.0 g/mol. The van der Waals surface area contributed by atoms with Crippen molar-refractivity contribution < 1.29 is 0 Å². The Hall–Kier alpha value is -0.383. The summed E-state index contributed by atoms with van der Waals surface area (Å²) in [4.78, 5) is 0. The van der Waals surface area contributed by atoms with Crippen molar-refractivity contribution in [2.75, 3.05) is 5.73 Å². The summed E-state index contributed by atoms with van der Waals surface area (Å²) in [7, 11) is 0. The second-order valence-corrected chi connectivity index (χ2v) is 1.33. The quantitative estimate of drug-likeness (QED) is 0.371. The molecule has 8 heavy (non-hydrogen) atoms. The van der Waals surface area contributed by atoms with Gasteiger partial charge < -0.3 is 5.73 Å². The first kappa shape index (κ1) is 7.62. The van der Waals surface area contributed by atoms with E-state index in [0.29, 0.717) is 0 Å². The van der Waals surface area contributed by atoms with Gasteiger partial charge in [-0.05, 0) is 18.2 Å². The second-order valence-electron chi connectivity index (χ2n) is 1.33. The van der Waals surface area contributed by atoms with Gasteiger partial charge in [-0.2, -0.15) is 0 Å². The Kier molecular flexibility index (Phi) is 3.43. The number of rotatable bonds is 0. The Morgan fingerprint density at radius 1 is 1.25 bits per heavy atom. The average molecular weight is 100 g/mol. The molecule has 2 N–H and O–H groups in total. The van der Waals surface area contributed by atoms with Crippen molar-refractivity contribution in [2.45, 2.75) is 0 Å². The molecule has 0 fully saturated rings. The fourth-order valence-electron chi connectivity index (χ4n) is 0.400. The molecule has 0 spiro atoms. The summed E-state index contributed by atoms with van der Waals surface area (Å²) in [6.07, 6.45) is 0. The molecule has 0 amide bonds. The third-order valence-electron chi connectivity index (χ3n) is 0.744. The van der Waals surface area contributed by atoms with Crippen LogP contribution in [-0.2, 0) is 0 Å². The summed E-state index contributed by atoms with van der Waals surface area (Å²) in [5, 5.41) is 0. The van der Waals surface area contributed by atoms with Crippen LogP contribution in [0.3, 0.4) is 0 Å². The van der Waals surface area contributed by atoms with Gasteiger partial charge in [-0.25, -0.2) is 0 Å². The first-order chi connectivity index (χ1) is 3.39. The predicted molar refractivity (Wildman–Crippen MR) is 36.8 cm³/mol. The van der Waals surface area contributed by atoms with Gasteiger partial charge in [-0.3, -0.25) is 0 Å². The standard InChI is InChI=1S/C6H6N.Li.H/c7-6-4-2-1-3-5-6;;/h2-5H,7H2;;. The molecule has 0 saturated carbocycles. The van der Waals surface area contributed by atoms with Gasteiger partial charge in [0.2, 0.25) is 0 Å². The third-order valence-corrected chi connectivity index (χ3v) is 0.744. The average Bonchev–Trinajstić information content (AvgIpc) is 1.69. The van der Waals surface area contributed by atoms with Crippen molar-refractivity contribution in [3.63, 3.8) is 0 Å². The molecule has 1 rings (SSSR count). The van der Waals surface area contributed by atoms with E-state index in [4.69, 9.17) is 5.73 Å². The zero-order chi connectivity index (χ0) is 5.11. The van der Waals surface area contributed by atoms with Crippen LogP contribution in [0.25, 0.3) is 0 Å². The Bertz CT molecular complexity index is 138. The van der Waals surface area contributed by atoms with Crippen LogP contribution in [0.1, 0.15) is 0 Å². The van der Waals surface area contributed by atoms with Crippen LogP contribution in [0.2, 0.25) is 0 Å². The van der Waals surface area contributed by atoms with Gasteiger partial charge in [-0.1, -0.05) is 12.1 Å². The van der Waals surface area contributed by atoms with E-state index in [-0.39, 0.29) is 18.9 Å². The zero-order valence-corrected chi connectivity index (χ0v) is 3.89. The van der Waals surface area contributed by atoms with Crippen molar-refractivity contribution in [1.82, 2.24) is 0 Å². The van der Waals surface area contributed by atoms with Gasteiger partial charge in [-0.15, -0.1) is 0 Å². The van der Waals surface area contributed by atoms with Crippen molar-refractivity contribution in [3.05, 3.63) is 30.3 Å². The summed E-state index contributed by atoms with van der Waals surface area (Å²) in [5.41, 5.74) is 6.13. The molecule has 1 radical (unpaired) electrons. The number of nitrogen functional groups attached to an aromatic ring is 1. The van der Waals surface area contributed by atoms with E-state index in [1.54, 1.807) is 24.3 Å². The number of hydrogen-bond donors (Lipinski definition) is 1. The molecule has 1 nitrogen and oxygen atoms in total. The minimum atomic E-state index is 0. The van der Waals surface area contributed by atoms with Crippen LogP contribution in [0.5, 0.6) is 0 Å². The van der Waals surface area contributed by atoms with Crippen LogP contribution in [0, 0.1) is 6.07 Å². The molecule has 0 unspecified atom stereocenters. The molecule has 0 aromatic heterocycles. The Balaban J connectivity index is 0.000000490. The van der Waals surface area contributed by atoms with E-state index in [2.05, 4.69) is 6.07 Å². The number of nitrogens with two attached hydrogens (primary N) is 1. The fourth-order valence-corrected chi connectivity index (χ4v) is 0.400. The molecule has 0 bridgehead atoms. The van der Waals surface area contributed by atoms with Crippen molar-refractivity contribution in [2.24, 2.45) is 0 Å². The van der Waals surface area contributed by atoms with E-state index < -0.39 is 0 Å². The van der Waals surface area contributed by atoms with E-state index in [1.807, 2.05) is 0 Å². The maximum absolute atomic E-state index is 5.34. The molecule has 0 aliphatic heterocycles. The molecule has 0 aliphatic rings. The molecule has 0 heterocycles. The summed E-state index contributed by atoms with van der Waals surface area (Å²) < 4.78 is 0. The van der Waals surface area contributed by atoms with Crippen LogP contribution in [0.15, 0.2) is 24.3 Å². The van der Waals surface area contributed by atoms with Crippen molar-refractivity contribution in [1.29, 1.82) is 0 Å². The monoisotopic (exact) mass is 100 g/mol. The SMILES string of the molecule is Nc1cc[c]cc1.[LiH]. The van der Waals surface area contributed by atoms with Gasteiger partial charge in [0.1, 0.15) is 0 Å². The summed E-state index contributed by atoms with van der Waals surface area (Å²) in [6, 6.07) is 10.0. The normalized spacial score (nSPS) is 7.50. The van der Waals surface area contributed by atoms with Gasteiger partial charge in [0, 0.05) is 5.69 Å². The van der Waals surface area contributed by atoms with Crippen LogP contribution < -0.4 is 5.73 Å².